The van der Waals surface area contributed by atoms with Crippen LogP contribution in [0.4, 0.5) is 0 Å². The Kier molecular flexibility index (Phi) is 2.96. The topological polar surface area (TPSA) is 70.7 Å². The van der Waals surface area contributed by atoms with E-state index in [0.29, 0.717) is 12.2 Å². The van der Waals surface area contributed by atoms with E-state index < -0.39 is 11.6 Å². The van der Waals surface area contributed by atoms with Crippen molar-refractivity contribution in [1.82, 2.24) is 0 Å². The molecule has 0 aliphatic carbocycles. The normalized spacial score (nSPS) is 15.1. The molecule has 0 bridgehead atoms. The van der Waals surface area contributed by atoms with E-state index in [4.69, 9.17) is 9.52 Å². The molecule has 0 radical (unpaired) electrons. The Morgan fingerprint density at radius 1 is 1.57 bits per heavy atom. The molecule has 0 aliphatic heterocycles. The zero-order chi connectivity index (χ0) is 10.8. The van der Waals surface area contributed by atoms with Crippen LogP contribution in [0.15, 0.2) is 16.5 Å². The molecule has 0 saturated heterocycles. The molecular weight excluding hydrogens is 184 g/mol. The quantitative estimate of drug-likeness (QED) is 0.776. The van der Waals surface area contributed by atoms with Gasteiger partial charge in [-0.2, -0.15) is 0 Å². The first-order valence-electron chi connectivity index (χ1n) is 4.53. The lowest BCUT2D eigenvalue weighted by Gasteiger charge is -2.19. The van der Waals surface area contributed by atoms with Gasteiger partial charge >= 0.3 is 5.97 Å². The van der Waals surface area contributed by atoms with Gasteiger partial charge in [0.25, 0.3) is 0 Å². The lowest BCUT2D eigenvalue weighted by Crippen LogP contribution is -2.19. The standard InChI is InChI=1S/C10H14O4/c1-3-6-10(2,13)8-5-4-7(14-8)9(11)12/h4-5,13H,3,6H2,1-2H3,(H,11,12). The van der Waals surface area contributed by atoms with Gasteiger partial charge in [0.2, 0.25) is 5.76 Å². The molecule has 1 unspecified atom stereocenters. The average molecular weight is 198 g/mol. The lowest BCUT2D eigenvalue weighted by atomic mass is 9.98. The van der Waals surface area contributed by atoms with Crippen molar-refractivity contribution in [3.8, 4) is 0 Å². The lowest BCUT2D eigenvalue weighted by molar-refractivity contribution is 0.0225. The summed E-state index contributed by atoms with van der Waals surface area (Å²) in [5, 5.41) is 18.5. The van der Waals surface area contributed by atoms with Gasteiger partial charge in [-0.15, -0.1) is 0 Å². The molecule has 4 heteroatoms. The van der Waals surface area contributed by atoms with Crippen LogP contribution in [-0.2, 0) is 5.60 Å². The smallest absolute Gasteiger partial charge is 0.371 e. The Morgan fingerprint density at radius 3 is 2.64 bits per heavy atom. The molecule has 4 nitrogen and oxygen atoms in total. The van der Waals surface area contributed by atoms with E-state index in [-0.39, 0.29) is 5.76 Å². The highest BCUT2D eigenvalue weighted by Gasteiger charge is 2.26. The Hall–Kier alpha value is -1.29. The van der Waals surface area contributed by atoms with Gasteiger partial charge < -0.3 is 14.6 Å². The van der Waals surface area contributed by atoms with Crippen molar-refractivity contribution in [2.24, 2.45) is 0 Å². The third kappa shape index (κ3) is 2.14. The minimum atomic E-state index is -1.12. The van der Waals surface area contributed by atoms with E-state index >= 15 is 0 Å². The summed E-state index contributed by atoms with van der Waals surface area (Å²) < 4.78 is 5.01. The number of furan rings is 1. The van der Waals surface area contributed by atoms with Gasteiger partial charge in [0.15, 0.2) is 0 Å². The summed E-state index contributed by atoms with van der Waals surface area (Å²) >= 11 is 0. The number of carboxylic acids is 1. The van der Waals surface area contributed by atoms with Crippen LogP contribution in [0.25, 0.3) is 0 Å². The molecule has 0 saturated carbocycles. The summed E-state index contributed by atoms with van der Waals surface area (Å²) in [6, 6.07) is 2.85. The van der Waals surface area contributed by atoms with Crippen LogP contribution in [0.2, 0.25) is 0 Å². The minimum absolute atomic E-state index is 0.142. The average Bonchev–Trinajstić information content (AvgIpc) is 2.51. The van der Waals surface area contributed by atoms with E-state index in [1.165, 1.54) is 12.1 Å². The molecule has 1 aromatic rings. The first-order chi connectivity index (χ1) is 6.47. The van der Waals surface area contributed by atoms with Crippen LogP contribution in [0, 0.1) is 0 Å². The van der Waals surface area contributed by atoms with E-state index in [1.807, 2.05) is 6.92 Å². The second kappa shape index (κ2) is 3.84. The van der Waals surface area contributed by atoms with Crippen molar-refractivity contribution in [2.45, 2.75) is 32.3 Å². The fraction of sp³-hybridized carbons (Fsp3) is 0.500. The molecule has 1 aromatic heterocycles. The largest absolute Gasteiger partial charge is 0.475 e. The van der Waals surface area contributed by atoms with Crippen molar-refractivity contribution in [2.75, 3.05) is 0 Å². The summed E-state index contributed by atoms with van der Waals surface area (Å²) in [5.41, 5.74) is -1.08. The van der Waals surface area contributed by atoms with Crippen molar-refractivity contribution < 1.29 is 19.4 Å². The van der Waals surface area contributed by atoms with E-state index in [0.717, 1.165) is 6.42 Å². The maximum absolute atomic E-state index is 10.5. The first kappa shape index (κ1) is 10.8. The zero-order valence-electron chi connectivity index (χ0n) is 8.28. The Morgan fingerprint density at radius 2 is 2.21 bits per heavy atom. The van der Waals surface area contributed by atoms with E-state index in [9.17, 15) is 9.90 Å². The highest BCUT2D eigenvalue weighted by Crippen LogP contribution is 2.27. The first-order valence-corrected chi connectivity index (χ1v) is 4.53. The number of carboxylic acid groups (broad SMARTS) is 1. The summed E-state index contributed by atoms with van der Waals surface area (Å²) in [6.07, 6.45) is 1.34. The summed E-state index contributed by atoms with van der Waals surface area (Å²) in [6.45, 7) is 3.55. The Labute approximate surface area is 82.2 Å². The fourth-order valence-electron chi connectivity index (χ4n) is 1.35. The third-order valence-corrected chi connectivity index (χ3v) is 2.08. The van der Waals surface area contributed by atoms with E-state index in [1.54, 1.807) is 6.92 Å². The van der Waals surface area contributed by atoms with Gasteiger partial charge in [0.05, 0.1) is 0 Å². The predicted molar refractivity (Wildman–Crippen MR) is 50.1 cm³/mol. The van der Waals surface area contributed by atoms with Crippen LogP contribution < -0.4 is 0 Å². The molecule has 1 atom stereocenters. The molecule has 0 aromatic carbocycles. The molecule has 0 spiro atoms. The number of rotatable bonds is 4. The second-order valence-electron chi connectivity index (χ2n) is 3.49. The van der Waals surface area contributed by atoms with Crippen molar-refractivity contribution in [3.63, 3.8) is 0 Å². The molecule has 1 heterocycles. The third-order valence-electron chi connectivity index (χ3n) is 2.08. The van der Waals surface area contributed by atoms with Crippen LogP contribution in [-0.4, -0.2) is 16.2 Å². The van der Waals surface area contributed by atoms with Gasteiger partial charge in [0.1, 0.15) is 11.4 Å². The molecule has 0 fully saturated rings. The summed E-state index contributed by atoms with van der Waals surface area (Å²) in [5.74, 6) is -0.961. The molecule has 0 amide bonds. The number of hydrogen-bond acceptors (Lipinski definition) is 3. The highest BCUT2D eigenvalue weighted by atomic mass is 16.4. The molecule has 2 N–H and O–H groups in total. The van der Waals surface area contributed by atoms with Crippen molar-refractivity contribution in [1.29, 1.82) is 0 Å². The monoisotopic (exact) mass is 198 g/mol. The number of carbonyl (C=O) groups is 1. The second-order valence-corrected chi connectivity index (χ2v) is 3.49. The molecule has 14 heavy (non-hydrogen) atoms. The summed E-state index contributed by atoms with van der Waals surface area (Å²) in [7, 11) is 0. The zero-order valence-corrected chi connectivity index (χ0v) is 8.28. The maximum Gasteiger partial charge on any atom is 0.371 e. The predicted octanol–water partition coefficient (Wildman–Crippen LogP) is 1.99. The molecular formula is C10H14O4. The van der Waals surface area contributed by atoms with Crippen LogP contribution in [0.1, 0.15) is 43.0 Å². The highest BCUT2D eigenvalue weighted by molar-refractivity contribution is 5.84. The molecule has 1 rings (SSSR count). The Balaban J connectivity index is 2.90. The van der Waals surface area contributed by atoms with Gasteiger partial charge in [-0.1, -0.05) is 13.3 Å². The van der Waals surface area contributed by atoms with Crippen molar-refractivity contribution in [3.05, 3.63) is 23.7 Å². The SMILES string of the molecule is CCCC(C)(O)c1ccc(C(=O)O)o1. The van der Waals surface area contributed by atoms with E-state index in [2.05, 4.69) is 0 Å². The van der Waals surface area contributed by atoms with Crippen molar-refractivity contribution >= 4 is 5.97 Å². The van der Waals surface area contributed by atoms with Crippen LogP contribution >= 0.6 is 0 Å². The molecule has 0 aliphatic rings. The number of hydrogen-bond donors (Lipinski definition) is 2. The fourth-order valence-corrected chi connectivity index (χ4v) is 1.35. The van der Waals surface area contributed by atoms with Gasteiger partial charge in [-0.05, 0) is 25.5 Å². The Bertz CT molecular complexity index is 325. The van der Waals surface area contributed by atoms with Crippen LogP contribution in [0.5, 0.6) is 0 Å². The number of aromatic carboxylic acids is 1. The number of aliphatic hydroxyl groups is 1. The van der Waals surface area contributed by atoms with Crippen LogP contribution in [0.3, 0.4) is 0 Å². The van der Waals surface area contributed by atoms with Gasteiger partial charge in [-0.25, -0.2) is 4.79 Å². The van der Waals surface area contributed by atoms with Gasteiger partial charge in [0, 0.05) is 0 Å². The minimum Gasteiger partial charge on any atom is -0.475 e. The van der Waals surface area contributed by atoms with Gasteiger partial charge in [-0.3, -0.25) is 0 Å². The summed E-state index contributed by atoms with van der Waals surface area (Å²) in [4.78, 5) is 10.5. The molecule has 78 valence electrons. The maximum atomic E-state index is 10.5.